The summed E-state index contributed by atoms with van der Waals surface area (Å²) in [6.07, 6.45) is 9.40. The van der Waals surface area contributed by atoms with Crippen molar-refractivity contribution in [1.29, 1.82) is 0 Å². The Morgan fingerprint density at radius 1 is 0.682 bits per heavy atom. The van der Waals surface area contributed by atoms with Gasteiger partial charge in [0.25, 0.3) is 0 Å². The first-order chi connectivity index (χ1) is 10.8. The molecule has 0 fully saturated rings. The molecule has 0 amide bonds. The lowest BCUT2D eigenvalue weighted by atomic mass is 10.1. The highest BCUT2D eigenvalue weighted by atomic mass is 79.9. The fourth-order valence-electron chi connectivity index (χ4n) is 2.85. The summed E-state index contributed by atoms with van der Waals surface area (Å²) >= 11 is 4.20. The molecule has 0 radical (unpaired) electrons. The van der Waals surface area contributed by atoms with Crippen LogP contribution in [-0.4, -0.2) is 6.16 Å². The highest BCUT2D eigenvalue weighted by Crippen LogP contribution is 2.64. The molecule has 118 valence electrons. The molecular formula is C20H27BrP+. The zero-order valence-corrected chi connectivity index (χ0v) is 16.0. The summed E-state index contributed by atoms with van der Waals surface area (Å²) in [7, 11) is 0. The van der Waals surface area contributed by atoms with Gasteiger partial charge >= 0.3 is 0 Å². The van der Waals surface area contributed by atoms with Crippen LogP contribution in [0.4, 0.5) is 0 Å². The van der Waals surface area contributed by atoms with E-state index >= 15 is 0 Å². The number of unbranched alkanes of at least 4 members (excludes halogenated alkanes) is 5. The van der Waals surface area contributed by atoms with E-state index in [1.54, 1.807) is 0 Å². The van der Waals surface area contributed by atoms with Gasteiger partial charge in [-0.1, -0.05) is 69.0 Å². The van der Waals surface area contributed by atoms with Crippen molar-refractivity contribution in [3.63, 3.8) is 0 Å². The first kappa shape index (κ1) is 17.7. The van der Waals surface area contributed by atoms with Crippen LogP contribution in [0.1, 0.15) is 45.4 Å². The first-order valence-corrected chi connectivity index (χ1v) is 12.5. The Bertz CT molecular complexity index is 484. The number of hydrogen-bond acceptors (Lipinski definition) is 0. The number of benzene rings is 2. The van der Waals surface area contributed by atoms with E-state index in [2.05, 4.69) is 83.1 Å². The Hall–Kier alpha value is -0.650. The summed E-state index contributed by atoms with van der Waals surface area (Å²) in [5, 5.41) is 2.93. The molecule has 0 bridgehead atoms. The quantitative estimate of drug-likeness (QED) is 0.354. The fraction of sp³-hybridized carbons (Fsp3) is 0.400. The molecule has 2 aromatic rings. The molecule has 0 saturated carbocycles. The van der Waals surface area contributed by atoms with Crippen LogP contribution in [0.3, 0.4) is 0 Å². The average Bonchev–Trinajstić information content (AvgIpc) is 2.59. The van der Waals surface area contributed by atoms with Crippen LogP contribution in [-0.2, 0) is 0 Å². The number of halogens is 1. The molecule has 0 aliphatic carbocycles. The molecule has 0 aliphatic heterocycles. The van der Waals surface area contributed by atoms with Crippen LogP contribution in [0.15, 0.2) is 60.7 Å². The lowest BCUT2D eigenvalue weighted by Gasteiger charge is -2.20. The zero-order chi connectivity index (χ0) is 15.7. The molecule has 22 heavy (non-hydrogen) atoms. The summed E-state index contributed by atoms with van der Waals surface area (Å²) in [6, 6.07) is 22.0. The van der Waals surface area contributed by atoms with Gasteiger partial charge in [-0.25, -0.2) is 0 Å². The van der Waals surface area contributed by atoms with E-state index in [0.717, 1.165) is 0 Å². The van der Waals surface area contributed by atoms with Gasteiger partial charge < -0.3 is 0 Å². The summed E-state index contributed by atoms with van der Waals surface area (Å²) in [5.74, 6) is -1.42. The van der Waals surface area contributed by atoms with Gasteiger partial charge in [-0.3, -0.25) is 0 Å². The van der Waals surface area contributed by atoms with E-state index in [-0.39, 0.29) is 0 Å². The molecule has 2 heteroatoms. The normalized spacial score (nSPS) is 11.5. The average molecular weight is 378 g/mol. The molecule has 0 atom stereocenters. The van der Waals surface area contributed by atoms with Crippen molar-refractivity contribution in [2.45, 2.75) is 45.4 Å². The van der Waals surface area contributed by atoms with E-state index in [9.17, 15) is 0 Å². The SMILES string of the molecule is CCCCCCCC[P+](Br)(c1ccccc1)c1ccccc1. The van der Waals surface area contributed by atoms with Crippen molar-refractivity contribution < 1.29 is 0 Å². The molecule has 2 aromatic carbocycles. The summed E-state index contributed by atoms with van der Waals surface area (Å²) < 4.78 is 0. The van der Waals surface area contributed by atoms with E-state index in [0.29, 0.717) is 0 Å². The number of hydrogen-bond donors (Lipinski definition) is 0. The third kappa shape index (κ3) is 4.93. The van der Waals surface area contributed by atoms with Gasteiger partial charge in [-0.2, -0.15) is 0 Å². The van der Waals surface area contributed by atoms with E-state index in [1.165, 1.54) is 55.3 Å². The monoisotopic (exact) mass is 377 g/mol. The van der Waals surface area contributed by atoms with E-state index in [4.69, 9.17) is 0 Å². The lowest BCUT2D eigenvalue weighted by molar-refractivity contribution is 0.626. The first-order valence-electron chi connectivity index (χ1n) is 8.46. The summed E-state index contributed by atoms with van der Waals surface area (Å²) in [5.41, 5.74) is 0. The van der Waals surface area contributed by atoms with Crippen molar-refractivity contribution in [2.24, 2.45) is 0 Å². The largest absolute Gasteiger partial charge is 0.151 e. The molecule has 0 aliphatic rings. The molecule has 0 spiro atoms. The smallest absolute Gasteiger partial charge is 0.0654 e. The van der Waals surface area contributed by atoms with Gasteiger partial charge in [-0.15, -0.1) is 0 Å². The van der Waals surface area contributed by atoms with Gasteiger partial charge in [0.15, 0.2) is 15.5 Å². The molecule has 0 nitrogen and oxygen atoms in total. The topological polar surface area (TPSA) is 0 Å². The maximum atomic E-state index is 4.20. The molecule has 0 aromatic heterocycles. The third-order valence-corrected chi connectivity index (χ3v) is 10.8. The van der Waals surface area contributed by atoms with Crippen molar-refractivity contribution in [3.05, 3.63) is 60.7 Å². The Kier molecular flexibility index (Phi) is 7.63. The van der Waals surface area contributed by atoms with Gasteiger partial charge in [-0.05, 0) is 37.1 Å². The van der Waals surface area contributed by atoms with Crippen molar-refractivity contribution in [2.75, 3.05) is 6.16 Å². The van der Waals surface area contributed by atoms with Crippen LogP contribution in [0.5, 0.6) is 0 Å². The van der Waals surface area contributed by atoms with Crippen LogP contribution < -0.4 is 10.6 Å². The highest BCUT2D eigenvalue weighted by molar-refractivity contribution is 9.43. The van der Waals surface area contributed by atoms with Gasteiger partial charge in [0.05, 0.1) is 6.16 Å². The Morgan fingerprint density at radius 2 is 1.14 bits per heavy atom. The second-order valence-electron chi connectivity index (χ2n) is 5.88. The Balaban J connectivity index is 2.07. The van der Waals surface area contributed by atoms with E-state index < -0.39 is 5.96 Å². The lowest BCUT2D eigenvalue weighted by Crippen LogP contribution is -2.20. The second kappa shape index (κ2) is 9.48. The molecule has 0 heterocycles. The van der Waals surface area contributed by atoms with Crippen molar-refractivity contribution in [3.8, 4) is 0 Å². The van der Waals surface area contributed by atoms with Gasteiger partial charge in [0, 0.05) is 0 Å². The Morgan fingerprint density at radius 3 is 1.64 bits per heavy atom. The summed E-state index contributed by atoms with van der Waals surface area (Å²) in [6.45, 7) is 2.28. The third-order valence-electron chi connectivity index (χ3n) is 4.15. The maximum Gasteiger partial charge on any atom is 0.151 e. The van der Waals surface area contributed by atoms with Gasteiger partial charge in [0.1, 0.15) is 16.6 Å². The van der Waals surface area contributed by atoms with Gasteiger partial charge in [0.2, 0.25) is 0 Å². The zero-order valence-electron chi connectivity index (χ0n) is 13.5. The highest BCUT2D eigenvalue weighted by Gasteiger charge is 2.39. The van der Waals surface area contributed by atoms with Crippen LogP contribution in [0, 0.1) is 0 Å². The predicted molar refractivity (Wildman–Crippen MR) is 106 cm³/mol. The molecule has 2 rings (SSSR count). The molecular weight excluding hydrogens is 351 g/mol. The van der Waals surface area contributed by atoms with E-state index in [1.807, 2.05) is 0 Å². The van der Waals surface area contributed by atoms with Crippen molar-refractivity contribution >= 4 is 32.1 Å². The molecule has 0 unspecified atom stereocenters. The Labute approximate surface area is 144 Å². The predicted octanol–water partition coefficient (Wildman–Crippen LogP) is 6.33. The van der Waals surface area contributed by atoms with Crippen LogP contribution >= 0.6 is 21.5 Å². The fourth-order valence-corrected chi connectivity index (χ4v) is 7.78. The minimum absolute atomic E-state index is 1.26. The second-order valence-corrected chi connectivity index (χ2v) is 12.4. The minimum atomic E-state index is -1.42. The minimum Gasteiger partial charge on any atom is -0.0654 e. The number of rotatable bonds is 9. The molecule has 0 saturated heterocycles. The standard InChI is InChI=1S/C20H27BrP/c1-2-3-4-5-6-13-18-22(21,19-14-9-7-10-15-19)20-16-11-8-12-17-20/h7-12,14-17H,2-6,13,18H2,1H3/q+1. The van der Waals surface area contributed by atoms with Crippen LogP contribution in [0.2, 0.25) is 0 Å². The molecule has 0 N–H and O–H groups in total. The van der Waals surface area contributed by atoms with Crippen LogP contribution in [0.25, 0.3) is 0 Å². The van der Waals surface area contributed by atoms with Crippen molar-refractivity contribution in [1.82, 2.24) is 0 Å². The maximum absolute atomic E-state index is 4.20. The summed E-state index contributed by atoms with van der Waals surface area (Å²) in [4.78, 5) is 0.